The van der Waals surface area contributed by atoms with Crippen molar-refractivity contribution in [3.05, 3.63) is 83.2 Å². The van der Waals surface area contributed by atoms with Crippen LogP contribution in [0.5, 0.6) is 0 Å². The van der Waals surface area contributed by atoms with Crippen molar-refractivity contribution in [2.75, 3.05) is 6.54 Å². The number of aryl methyl sites for hydroxylation is 1. The van der Waals surface area contributed by atoms with E-state index in [0.29, 0.717) is 23.2 Å². The first-order chi connectivity index (χ1) is 17.0. The van der Waals surface area contributed by atoms with Gasteiger partial charge in [-0.1, -0.05) is 12.1 Å². The van der Waals surface area contributed by atoms with Gasteiger partial charge in [-0.3, -0.25) is 9.78 Å². The molecule has 9 nitrogen and oxygen atoms in total. The molecule has 0 bridgehead atoms. The maximum Gasteiger partial charge on any atom is 0.292 e. The number of alkyl halides is 2. The molecule has 1 N–H and O–H groups in total. The number of benzene rings is 1. The van der Waals surface area contributed by atoms with E-state index in [9.17, 15) is 13.6 Å². The number of hydrogen-bond acceptors (Lipinski definition) is 7. The fraction of sp³-hybridized carbons (Fsp3) is 0.208. The second kappa shape index (κ2) is 8.12. The molecule has 1 aromatic carbocycles. The van der Waals surface area contributed by atoms with Crippen molar-refractivity contribution in [2.24, 2.45) is 0 Å². The predicted molar refractivity (Wildman–Crippen MR) is 119 cm³/mol. The second-order valence-corrected chi connectivity index (χ2v) is 8.19. The summed E-state index contributed by atoms with van der Waals surface area (Å²) >= 11 is 0. The average Bonchev–Trinajstić information content (AvgIpc) is 3.61. The van der Waals surface area contributed by atoms with Crippen molar-refractivity contribution < 1.29 is 22.4 Å². The molecule has 0 aliphatic carbocycles. The Morgan fingerprint density at radius 1 is 1.17 bits per heavy atom. The summed E-state index contributed by atoms with van der Waals surface area (Å²) in [5.41, 5.74) is 3.03. The lowest BCUT2D eigenvalue weighted by molar-refractivity contribution is 0.0621. The highest BCUT2D eigenvalue weighted by Crippen LogP contribution is 2.37. The standard InChI is InChI=1S/C24H18F2N6O3/c1-12-5-6-16-15(10-12)30-23(34-16)19-17-13(28-11-29-17)7-9-32(19)24(33)20-18(21(25)26)31-22(35-20)14-4-2-3-8-27-14/h2-6,8,10-11,19,21H,7,9H2,1H3,(H,28,29)/t19-/m0/s1. The van der Waals surface area contributed by atoms with Crippen LogP contribution in [0.4, 0.5) is 8.78 Å². The second-order valence-electron chi connectivity index (χ2n) is 8.19. The number of aromatic nitrogens is 5. The highest BCUT2D eigenvalue weighted by Gasteiger charge is 2.41. The maximum atomic E-state index is 13.9. The van der Waals surface area contributed by atoms with E-state index in [2.05, 4.69) is 24.9 Å². The van der Waals surface area contributed by atoms with Crippen molar-refractivity contribution in [2.45, 2.75) is 25.8 Å². The number of amides is 1. The van der Waals surface area contributed by atoms with Crippen LogP contribution in [0.25, 0.3) is 22.7 Å². The van der Waals surface area contributed by atoms with Crippen LogP contribution in [0.2, 0.25) is 0 Å². The topological polar surface area (TPSA) is 114 Å². The molecule has 1 aliphatic heterocycles. The van der Waals surface area contributed by atoms with Crippen molar-refractivity contribution in [3.8, 4) is 11.6 Å². The quantitative estimate of drug-likeness (QED) is 0.402. The van der Waals surface area contributed by atoms with Gasteiger partial charge < -0.3 is 18.7 Å². The van der Waals surface area contributed by atoms with Crippen LogP contribution in [0, 0.1) is 6.92 Å². The third-order valence-corrected chi connectivity index (χ3v) is 5.92. The Morgan fingerprint density at radius 2 is 2.06 bits per heavy atom. The summed E-state index contributed by atoms with van der Waals surface area (Å²) in [7, 11) is 0. The number of carbonyl (C=O) groups excluding carboxylic acids is 1. The van der Waals surface area contributed by atoms with E-state index in [1.807, 2.05) is 19.1 Å². The highest BCUT2D eigenvalue weighted by atomic mass is 19.3. The van der Waals surface area contributed by atoms with Crippen LogP contribution in [0.3, 0.4) is 0 Å². The number of halogens is 2. The van der Waals surface area contributed by atoms with E-state index in [4.69, 9.17) is 8.83 Å². The Labute approximate surface area is 196 Å². The number of nitrogens with one attached hydrogen (secondary N) is 1. The van der Waals surface area contributed by atoms with E-state index in [0.717, 1.165) is 11.3 Å². The minimum absolute atomic E-state index is 0.157. The van der Waals surface area contributed by atoms with Crippen molar-refractivity contribution in [1.29, 1.82) is 0 Å². The molecule has 5 heterocycles. The van der Waals surface area contributed by atoms with Crippen molar-refractivity contribution in [1.82, 2.24) is 29.8 Å². The molecule has 0 spiro atoms. The van der Waals surface area contributed by atoms with Crippen LogP contribution in [-0.2, 0) is 6.42 Å². The molecule has 5 aromatic rings. The molecular formula is C24H18F2N6O3. The molecule has 1 aliphatic rings. The number of carbonyl (C=O) groups is 1. The van der Waals surface area contributed by atoms with Crippen molar-refractivity contribution in [3.63, 3.8) is 0 Å². The Kier molecular flexibility index (Phi) is 4.90. The largest absolute Gasteiger partial charge is 0.438 e. The van der Waals surface area contributed by atoms with E-state index in [1.54, 1.807) is 24.3 Å². The Morgan fingerprint density at radius 3 is 2.86 bits per heavy atom. The number of nitrogens with zero attached hydrogens (tertiary/aromatic N) is 5. The molecule has 0 radical (unpaired) electrons. The number of oxazole rings is 2. The van der Waals surface area contributed by atoms with E-state index >= 15 is 0 Å². The van der Waals surface area contributed by atoms with Gasteiger partial charge in [-0.2, -0.15) is 0 Å². The number of imidazole rings is 1. The third-order valence-electron chi connectivity index (χ3n) is 5.92. The molecule has 0 saturated carbocycles. The van der Waals surface area contributed by atoms with Crippen LogP contribution in [0.1, 0.15) is 51.6 Å². The normalized spacial score (nSPS) is 15.7. The van der Waals surface area contributed by atoms with Gasteiger partial charge in [0.2, 0.25) is 17.5 Å². The van der Waals surface area contributed by atoms with Gasteiger partial charge in [0.1, 0.15) is 11.2 Å². The van der Waals surface area contributed by atoms with E-state index in [1.165, 1.54) is 17.4 Å². The summed E-state index contributed by atoms with van der Waals surface area (Å²) in [6, 6.07) is 9.64. The van der Waals surface area contributed by atoms with Gasteiger partial charge in [0.15, 0.2) is 17.3 Å². The molecule has 1 atom stereocenters. The minimum Gasteiger partial charge on any atom is -0.438 e. The fourth-order valence-corrected chi connectivity index (χ4v) is 4.28. The first-order valence-corrected chi connectivity index (χ1v) is 10.9. The molecule has 0 saturated heterocycles. The summed E-state index contributed by atoms with van der Waals surface area (Å²) in [6.45, 7) is 2.14. The molecule has 6 rings (SSSR count). The molecule has 1 amide bonds. The zero-order valence-corrected chi connectivity index (χ0v) is 18.4. The molecule has 4 aromatic heterocycles. The molecular weight excluding hydrogens is 458 g/mol. The van der Waals surface area contributed by atoms with E-state index in [-0.39, 0.29) is 24.0 Å². The average molecular weight is 476 g/mol. The van der Waals surface area contributed by atoms with Gasteiger partial charge >= 0.3 is 0 Å². The number of rotatable bonds is 4. The molecule has 0 fully saturated rings. The zero-order valence-electron chi connectivity index (χ0n) is 18.4. The van der Waals surface area contributed by atoms with Crippen LogP contribution < -0.4 is 0 Å². The number of fused-ring (bicyclic) bond motifs is 2. The Bertz CT molecular complexity index is 1540. The number of H-pyrrole nitrogens is 1. The number of hydrogen-bond donors (Lipinski definition) is 1. The smallest absolute Gasteiger partial charge is 0.292 e. The SMILES string of the molecule is Cc1ccc2oc([C@@H]3c4nc[nH]c4CCN3C(=O)c3oc(-c4ccccn4)nc3C(F)F)nc2c1. The molecule has 176 valence electrons. The predicted octanol–water partition coefficient (Wildman–Crippen LogP) is 4.63. The third kappa shape index (κ3) is 3.56. The molecule has 0 unspecified atom stereocenters. The van der Waals surface area contributed by atoms with Gasteiger partial charge in [-0.05, 0) is 36.8 Å². The van der Waals surface area contributed by atoms with Crippen LogP contribution >= 0.6 is 0 Å². The lowest BCUT2D eigenvalue weighted by Gasteiger charge is -2.32. The van der Waals surface area contributed by atoms with Gasteiger partial charge in [-0.15, -0.1) is 0 Å². The van der Waals surface area contributed by atoms with Gasteiger partial charge in [-0.25, -0.2) is 23.7 Å². The monoisotopic (exact) mass is 476 g/mol. The first-order valence-electron chi connectivity index (χ1n) is 10.9. The Hall–Kier alpha value is -4.41. The lowest BCUT2D eigenvalue weighted by atomic mass is 10.0. The van der Waals surface area contributed by atoms with E-state index < -0.39 is 29.8 Å². The summed E-state index contributed by atoms with van der Waals surface area (Å²) in [5.74, 6) is -1.23. The van der Waals surface area contributed by atoms with Crippen LogP contribution in [0.15, 0.2) is 57.8 Å². The van der Waals surface area contributed by atoms with Gasteiger partial charge in [0.25, 0.3) is 12.3 Å². The number of pyridine rings is 1. The fourth-order valence-electron chi connectivity index (χ4n) is 4.28. The van der Waals surface area contributed by atoms with Gasteiger partial charge in [0, 0.05) is 24.9 Å². The highest BCUT2D eigenvalue weighted by molar-refractivity contribution is 5.93. The minimum atomic E-state index is -3.02. The maximum absolute atomic E-state index is 13.9. The summed E-state index contributed by atoms with van der Waals surface area (Å²) in [6.07, 6.45) is 0.433. The Balaban J connectivity index is 1.45. The van der Waals surface area contributed by atoms with Crippen molar-refractivity contribution >= 4 is 17.0 Å². The lowest BCUT2D eigenvalue weighted by Crippen LogP contribution is -2.41. The molecule has 11 heteroatoms. The zero-order chi connectivity index (χ0) is 24.1. The van der Waals surface area contributed by atoms with Gasteiger partial charge in [0.05, 0.1) is 12.0 Å². The number of aromatic amines is 1. The summed E-state index contributed by atoms with van der Waals surface area (Å²) < 4.78 is 39.4. The summed E-state index contributed by atoms with van der Waals surface area (Å²) in [5, 5.41) is 0. The molecule has 35 heavy (non-hydrogen) atoms. The summed E-state index contributed by atoms with van der Waals surface area (Å²) in [4.78, 5) is 35.1. The first kappa shape index (κ1) is 21.1. The van der Waals surface area contributed by atoms with Crippen LogP contribution in [-0.4, -0.2) is 42.3 Å².